The van der Waals surface area contributed by atoms with Gasteiger partial charge in [-0.05, 0) is 30.2 Å². The first kappa shape index (κ1) is 18.3. The van der Waals surface area contributed by atoms with Crippen molar-refractivity contribution in [1.82, 2.24) is 14.9 Å². The van der Waals surface area contributed by atoms with Crippen molar-refractivity contribution in [3.8, 4) is 11.1 Å². The number of Topliss-reactive ketones (excluding diaryl/α,β-unsaturated/α-hetero) is 1. The van der Waals surface area contributed by atoms with Crippen LogP contribution < -0.4 is 11.4 Å². The number of carbonyl (C=O) groups is 1. The summed E-state index contributed by atoms with van der Waals surface area (Å²) >= 11 is 4.50. The van der Waals surface area contributed by atoms with Gasteiger partial charge in [0.15, 0.2) is 5.78 Å². The quantitative estimate of drug-likeness (QED) is 0.379. The second-order valence-corrected chi connectivity index (χ2v) is 7.40. The molecule has 0 spiro atoms. The van der Waals surface area contributed by atoms with Crippen LogP contribution in [0.1, 0.15) is 16.1 Å². The number of rotatable bonds is 5. The zero-order chi connectivity index (χ0) is 18.7. The number of aryl methyl sites for hydroxylation is 1. The molecule has 0 atom stereocenters. The summed E-state index contributed by atoms with van der Waals surface area (Å²) in [6.07, 6.45) is 0. The minimum atomic E-state index is -0.422. The first-order chi connectivity index (χ1) is 12.5. The lowest BCUT2D eigenvalue weighted by Gasteiger charge is -2.06. The first-order valence-corrected chi connectivity index (χ1v) is 9.47. The summed E-state index contributed by atoms with van der Waals surface area (Å²) in [5, 5.41) is 7.81. The van der Waals surface area contributed by atoms with Crippen molar-refractivity contribution < 1.29 is 4.79 Å². The van der Waals surface area contributed by atoms with E-state index in [4.69, 9.17) is 5.84 Å². The molecule has 6 nitrogen and oxygen atoms in total. The standard InChI is InChI=1S/C18H15BrN4O2S/c1-11-17(25)23(20)18(22-21-11)26-10-16(24)14-4-2-12(3-5-14)13-6-8-15(19)9-7-13/h2-9H,10,20H2,1H3. The number of hydrogen-bond acceptors (Lipinski definition) is 6. The van der Waals surface area contributed by atoms with Crippen LogP contribution >= 0.6 is 27.7 Å². The highest BCUT2D eigenvalue weighted by Gasteiger charge is 2.12. The Morgan fingerprint density at radius 2 is 1.65 bits per heavy atom. The summed E-state index contributed by atoms with van der Waals surface area (Å²) < 4.78 is 1.93. The van der Waals surface area contributed by atoms with Gasteiger partial charge in [-0.3, -0.25) is 9.59 Å². The molecular weight excluding hydrogens is 416 g/mol. The Bertz CT molecular complexity index is 1000. The molecule has 132 valence electrons. The van der Waals surface area contributed by atoms with Gasteiger partial charge < -0.3 is 5.84 Å². The van der Waals surface area contributed by atoms with Crippen molar-refractivity contribution in [3.05, 3.63) is 74.6 Å². The number of ketones is 1. The van der Waals surface area contributed by atoms with Crippen molar-refractivity contribution in [2.24, 2.45) is 0 Å². The summed E-state index contributed by atoms with van der Waals surface area (Å²) in [5.74, 6) is 5.71. The number of hydrogen-bond donors (Lipinski definition) is 1. The molecule has 26 heavy (non-hydrogen) atoms. The Morgan fingerprint density at radius 1 is 1.08 bits per heavy atom. The fraction of sp³-hybridized carbons (Fsp3) is 0.111. The molecule has 0 amide bonds. The Kier molecular flexibility index (Phi) is 5.53. The van der Waals surface area contributed by atoms with E-state index in [0.29, 0.717) is 5.56 Å². The molecule has 0 bridgehead atoms. The third-order valence-electron chi connectivity index (χ3n) is 3.74. The minimum Gasteiger partial charge on any atom is -0.334 e. The Morgan fingerprint density at radius 3 is 2.27 bits per heavy atom. The highest BCUT2D eigenvalue weighted by Crippen LogP contribution is 2.23. The number of carbonyl (C=O) groups excluding carboxylic acids is 1. The maximum Gasteiger partial charge on any atom is 0.294 e. The predicted molar refractivity (Wildman–Crippen MR) is 106 cm³/mol. The molecule has 0 aliphatic carbocycles. The van der Waals surface area contributed by atoms with Crippen molar-refractivity contribution in [2.75, 3.05) is 11.6 Å². The molecule has 0 saturated carbocycles. The Balaban J connectivity index is 1.70. The van der Waals surface area contributed by atoms with Gasteiger partial charge in [-0.1, -0.05) is 64.1 Å². The first-order valence-electron chi connectivity index (χ1n) is 7.69. The minimum absolute atomic E-state index is 0.0767. The van der Waals surface area contributed by atoms with E-state index < -0.39 is 5.56 Å². The van der Waals surface area contributed by atoms with E-state index in [1.165, 1.54) is 6.92 Å². The summed E-state index contributed by atoms with van der Waals surface area (Å²) in [5.41, 5.74) is 2.48. The number of nitrogens with zero attached hydrogens (tertiary/aromatic N) is 3. The highest BCUT2D eigenvalue weighted by atomic mass is 79.9. The molecule has 8 heteroatoms. The Hall–Kier alpha value is -2.45. The zero-order valence-corrected chi connectivity index (χ0v) is 16.3. The molecule has 1 aromatic heterocycles. The predicted octanol–water partition coefficient (Wildman–Crippen LogP) is 3.07. The van der Waals surface area contributed by atoms with Crippen LogP contribution in [0.5, 0.6) is 0 Å². The summed E-state index contributed by atoms with van der Waals surface area (Å²) in [6.45, 7) is 1.53. The molecule has 0 aliphatic rings. The van der Waals surface area contributed by atoms with Gasteiger partial charge in [0.2, 0.25) is 5.16 Å². The van der Waals surface area contributed by atoms with Crippen LogP contribution in [0.15, 0.2) is 63.0 Å². The second-order valence-electron chi connectivity index (χ2n) is 5.54. The van der Waals surface area contributed by atoms with Gasteiger partial charge in [0.1, 0.15) is 5.69 Å². The summed E-state index contributed by atoms with van der Waals surface area (Å²) in [4.78, 5) is 24.1. The van der Waals surface area contributed by atoms with E-state index in [0.717, 1.165) is 32.0 Å². The number of halogens is 1. The van der Waals surface area contributed by atoms with Crippen LogP contribution in [-0.2, 0) is 0 Å². The molecular formula is C18H15BrN4O2S. The summed E-state index contributed by atoms with van der Waals surface area (Å²) in [7, 11) is 0. The third kappa shape index (κ3) is 4.03. The average molecular weight is 431 g/mol. The molecule has 1 heterocycles. The normalized spacial score (nSPS) is 10.7. The number of thioether (sulfide) groups is 1. The molecule has 0 aliphatic heterocycles. The van der Waals surface area contributed by atoms with Crippen LogP contribution in [0.3, 0.4) is 0 Å². The van der Waals surface area contributed by atoms with Crippen molar-refractivity contribution in [2.45, 2.75) is 12.1 Å². The van der Waals surface area contributed by atoms with Crippen LogP contribution in [0.2, 0.25) is 0 Å². The zero-order valence-electron chi connectivity index (χ0n) is 13.8. The van der Waals surface area contributed by atoms with E-state index in [9.17, 15) is 9.59 Å². The van der Waals surface area contributed by atoms with E-state index in [1.54, 1.807) is 12.1 Å². The van der Waals surface area contributed by atoms with Crippen LogP contribution in [-0.4, -0.2) is 26.4 Å². The van der Waals surface area contributed by atoms with Crippen LogP contribution in [0, 0.1) is 6.92 Å². The maximum absolute atomic E-state index is 12.4. The number of nitrogens with two attached hydrogens (primary N) is 1. The molecule has 0 radical (unpaired) electrons. The van der Waals surface area contributed by atoms with Gasteiger partial charge in [-0.25, -0.2) is 0 Å². The van der Waals surface area contributed by atoms with Gasteiger partial charge in [0.05, 0.1) is 5.75 Å². The fourth-order valence-electron chi connectivity index (χ4n) is 2.27. The largest absolute Gasteiger partial charge is 0.334 e. The Labute approximate surface area is 162 Å². The number of aromatic nitrogens is 3. The summed E-state index contributed by atoms with van der Waals surface area (Å²) in [6, 6.07) is 15.4. The van der Waals surface area contributed by atoms with Crippen LogP contribution in [0.25, 0.3) is 11.1 Å². The lowest BCUT2D eigenvalue weighted by molar-refractivity contribution is 0.102. The van der Waals surface area contributed by atoms with Gasteiger partial charge >= 0.3 is 0 Å². The smallest absolute Gasteiger partial charge is 0.294 e. The molecule has 0 saturated heterocycles. The molecule has 2 N–H and O–H groups in total. The van der Waals surface area contributed by atoms with Gasteiger partial charge in [-0.2, -0.15) is 4.68 Å². The molecule has 3 rings (SSSR count). The number of nitrogen functional groups attached to an aromatic ring is 1. The van der Waals surface area contributed by atoms with Gasteiger partial charge in [0, 0.05) is 10.0 Å². The van der Waals surface area contributed by atoms with Gasteiger partial charge in [-0.15, -0.1) is 10.2 Å². The fourth-order valence-corrected chi connectivity index (χ4v) is 3.28. The van der Waals surface area contributed by atoms with Crippen LogP contribution in [0.4, 0.5) is 0 Å². The maximum atomic E-state index is 12.4. The van der Waals surface area contributed by atoms with E-state index in [1.807, 2.05) is 36.4 Å². The monoisotopic (exact) mass is 430 g/mol. The van der Waals surface area contributed by atoms with Crippen molar-refractivity contribution >= 4 is 33.5 Å². The lowest BCUT2D eigenvalue weighted by atomic mass is 10.0. The lowest BCUT2D eigenvalue weighted by Crippen LogP contribution is -2.32. The van der Waals surface area contributed by atoms with Crippen molar-refractivity contribution in [1.29, 1.82) is 0 Å². The molecule has 0 unspecified atom stereocenters. The molecule has 0 fully saturated rings. The second kappa shape index (κ2) is 7.84. The van der Waals surface area contributed by atoms with E-state index in [2.05, 4.69) is 26.1 Å². The molecule has 3 aromatic rings. The highest BCUT2D eigenvalue weighted by molar-refractivity contribution is 9.10. The average Bonchev–Trinajstić information content (AvgIpc) is 2.66. The van der Waals surface area contributed by atoms with E-state index >= 15 is 0 Å². The SMILES string of the molecule is Cc1nnc(SCC(=O)c2ccc(-c3ccc(Br)cc3)cc2)n(N)c1=O. The topological polar surface area (TPSA) is 90.9 Å². The van der Waals surface area contributed by atoms with Gasteiger partial charge in [0.25, 0.3) is 5.56 Å². The molecule has 2 aromatic carbocycles. The van der Waals surface area contributed by atoms with Crippen molar-refractivity contribution in [3.63, 3.8) is 0 Å². The van der Waals surface area contributed by atoms with E-state index in [-0.39, 0.29) is 22.4 Å². The third-order valence-corrected chi connectivity index (χ3v) is 5.21. The number of benzene rings is 2.